The van der Waals surface area contributed by atoms with Crippen LogP contribution in [0.5, 0.6) is 0 Å². The molecule has 1 aliphatic rings. The molecule has 146 valence electrons. The van der Waals surface area contributed by atoms with Gasteiger partial charge in [0.05, 0.1) is 11.1 Å². The molecule has 27 heavy (non-hydrogen) atoms. The first-order valence-electron chi connectivity index (χ1n) is 9.03. The minimum Gasteiger partial charge on any atom is -0.454 e. The molecule has 0 unspecified atom stereocenters. The maximum Gasteiger partial charge on any atom is 0.330 e. The third-order valence-corrected chi connectivity index (χ3v) is 4.68. The number of imide groups is 1. The van der Waals surface area contributed by atoms with Crippen molar-refractivity contribution in [3.8, 4) is 0 Å². The van der Waals surface area contributed by atoms with E-state index in [1.807, 2.05) is 20.8 Å². The number of nitrogens with zero attached hydrogens (tertiary/aromatic N) is 1. The van der Waals surface area contributed by atoms with Crippen LogP contribution < -0.4 is 5.32 Å². The van der Waals surface area contributed by atoms with Gasteiger partial charge in [0.15, 0.2) is 6.61 Å². The lowest BCUT2D eigenvalue weighted by atomic mass is 10.0. The van der Waals surface area contributed by atoms with Gasteiger partial charge in [-0.1, -0.05) is 32.9 Å². The monoisotopic (exact) mass is 374 g/mol. The van der Waals surface area contributed by atoms with Gasteiger partial charge < -0.3 is 10.1 Å². The Hall–Kier alpha value is -2.70. The van der Waals surface area contributed by atoms with Crippen molar-refractivity contribution in [2.45, 2.75) is 52.6 Å². The lowest BCUT2D eigenvalue weighted by molar-refractivity contribution is -0.154. The second kappa shape index (κ2) is 7.90. The van der Waals surface area contributed by atoms with Gasteiger partial charge in [-0.2, -0.15) is 0 Å². The van der Waals surface area contributed by atoms with Crippen LogP contribution in [0.4, 0.5) is 0 Å². The second-order valence-electron chi connectivity index (χ2n) is 7.61. The van der Waals surface area contributed by atoms with Crippen LogP contribution in [-0.4, -0.2) is 46.8 Å². The Bertz CT molecular complexity index is 734. The number of amides is 3. The number of benzene rings is 1. The number of hydrogen-bond acceptors (Lipinski definition) is 5. The summed E-state index contributed by atoms with van der Waals surface area (Å²) >= 11 is 0. The van der Waals surface area contributed by atoms with Crippen LogP contribution in [0.15, 0.2) is 24.3 Å². The Kier molecular flexibility index (Phi) is 6.03. The minimum atomic E-state index is -1.09. The number of hydrogen-bond donors (Lipinski definition) is 1. The van der Waals surface area contributed by atoms with Crippen molar-refractivity contribution in [3.63, 3.8) is 0 Å². The van der Waals surface area contributed by atoms with Gasteiger partial charge in [-0.3, -0.25) is 19.3 Å². The van der Waals surface area contributed by atoms with Crippen LogP contribution in [0.25, 0.3) is 0 Å². The third kappa shape index (κ3) is 4.35. The van der Waals surface area contributed by atoms with Gasteiger partial charge in [-0.15, -0.1) is 0 Å². The standard InChI is InChI=1S/C20H26N2O5/c1-6-20(4,5)21-15(23)11-27-19(26)16(12(2)3)22-17(24)13-9-7-8-10-14(13)18(22)25/h7-10,12,16H,6,11H2,1-5H3,(H,21,23)/t16-/m1/s1. The van der Waals surface area contributed by atoms with E-state index in [1.54, 1.807) is 38.1 Å². The average molecular weight is 374 g/mol. The van der Waals surface area contributed by atoms with E-state index in [0.717, 1.165) is 11.3 Å². The first-order valence-corrected chi connectivity index (χ1v) is 9.03. The minimum absolute atomic E-state index is 0.267. The summed E-state index contributed by atoms with van der Waals surface area (Å²) in [5.74, 6) is -2.62. The first-order chi connectivity index (χ1) is 12.6. The van der Waals surface area contributed by atoms with Crippen molar-refractivity contribution >= 4 is 23.7 Å². The molecule has 1 aromatic rings. The first kappa shape index (κ1) is 20.6. The highest BCUT2D eigenvalue weighted by atomic mass is 16.5. The van der Waals surface area contributed by atoms with Crippen molar-refractivity contribution in [1.82, 2.24) is 10.2 Å². The third-order valence-electron chi connectivity index (χ3n) is 4.68. The predicted octanol–water partition coefficient (Wildman–Crippen LogP) is 2.16. The van der Waals surface area contributed by atoms with E-state index in [9.17, 15) is 19.2 Å². The number of esters is 1. The molecule has 0 saturated heterocycles. The van der Waals surface area contributed by atoms with Gasteiger partial charge in [-0.05, 0) is 38.3 Å². The summed E-state index contributed by atoms with van der Waals surface area (Å²) < 4.78 is 5.13. The topological polar surface area (TPSA) is 92.8 Å². The largest absolute Gasteiger partial charge is 0.454 e. The lowest BCUT2D eigenvalue weighted by Crippen LogP contribution is -2.50. The molecule has 0 fully saturated rings. The summed E-state index contributed by atoms with van der Waals surface area (Å²) in [7, 11) is 0. The van der Waals surface area contributed by atoms with Crippen LogP contribution in [0.1, 0.15) is 61.8 Å². The molecule has 0 saturated carbocycles. The molecule has 0 bridgehead atoms. The summed E-state index contributed by atoms with van der Waals surface area (Å²) in [6.45, 7) is 8.63. The average Bonchev–Trinajstić information content (AvgIpc) is 2.85. The second-order valence-corrected chi connectivity index (χ2v) is 7.61. The Morgan fingerprint density at radius 1 is 1.11 bits per heavy atom. The number of carbonyl (C=O) groups is 4. The van der Waals surface area contributed by atoms with E-state index in [4.69, 9.17) is 4.74 Å². The van der Waals surface area contributed by atoms with E-state index < -0.39 is 41.9 Å². The number of ether oxygens (including phenoxy) is 1. The fourth-order valence-electron chi connectivity index (χ4n) is 2.86. The molecule has 1 atom stereocenters. The molecule has 0 aromatic heterocycles. The van der Waals surface area contributed by atoms with Gasteiger partial charge >= 0.3 is 5.97 Å². The Morgan fingerprint density at radius 3 is 2.07 bits per heavy atom. The van der Waals surface area contributed by atoms with Crippen LogP contribution in [0, 0.1) is 5.92 Å². The zero-order valence-corrected chi connectivity index (χ0v) is 16.4. The fourth-order valence-corrected chi connectivity index (χ4v) is 2.86. The molecule has 0 spiro atoms. The van der Waals surface area contributed by atoms with Crippen LogP contribution in [0.3, 0.4) is 0 Å². The molecule has 7 nitrogen and oxygen atoms in total. The molecular weight excluding hydrogens is 348 g/mol. The normalized spacial score (nSPS) is 15.0. The number of fused-ring (bicyclic) bond motifs is 1. The van der Waals surface area contributed by atoms with Gasteiger partial charge in [0.1, 0.15) is 6.04 Å². The quantitative estimate of drug-likeness (QED) is 0.583. The molecule has 2 rings (SSSR count). The molecule has 0 radical (unpaired) electrons. The number of nitrogens with one attached hydrogen (secondary N) is 1. The van der Waals surface area contributed by atoms with Crippen LogP contribution in [-0.2, 0) is 14.3 Å². The summed E-state index contributed by atoms with van der Waals surface area (Å²) in [5, 5.41) is 2.77. The zero-order valence-electron chi connectivity index (χ0n) is 16.4. The molecule has 1 aromatic carbocycles. The predicted molar refractivity (Wildman–Crippen MR) is 99.0 cm³/mol. The zero-order chi connectivity index (χ0) is 20.4. The summed E-state index contributed by atoms with van der Waals surface area (Å²) in [5.41, 5.74) is 0.121. The Labute approximate surface area is 159 Å². The molecule has 3 amide bonds. The summed E-state index contributed by atoms with van der Waals surface area (Å²) in [6, 6.07) is 5.34. The Balaban J connectivity index is 2.12. The van der Waals surface area contributed by atoms with Gasteiger partial charge in [0.2, 0.25) is 0 Å². The summed E-state index contributed by atoms with van der Waals surface area (Å²) in [6.07, 6.45) is 0.719. The highest BCUT2D eigenvalue weighted by Gasteiger charge is 2.44. The summed E-state index contributed by atoms with van der Waals surface area (Å²) in [4.78, 5) is 50.8. The van der Waals surface area contributed by atoms with Gasteiger partial charge in [0, 0.05) is 5.54 Å². The molecule has 1 aliphatic heterocycles. The number of carbonyl (C=O) groups excluding carboxylic acids is 4. The molecule has 7 heteroatoms. The van der Waals surface area contributed by atoms with Crippen molar-refractivity contribution in [2.24, 2.45) is 5.92 Å². The lowest BCUT2D eigenvalue weighted by Gasteiger charge is -2.28. The smallest absolute Gasteiger partial charge is 0.330 e. The maximum absolute atomic E-state index is 12.6. The highest BCUT2D eigenvalue weighted by Crippen LogP contribution is 2.27. The van der Waals surface area contributed by atoms with Crippen molar-refractivity contribution < 1.29 is 23.9 Å². The van der Waals surface area contributed by atoms with Crippen LogP contribution >= 0.6 is 0 Å². The molecule has 1 heterocycles. The van der Waals surface area contributed by atoms with Crippen molar-refractivity contribution in [3.05, 3.63) is 35.4 Å². The molecular formula is C20H26N2O5. The fraction of sp³-hybridized carbons (Fsp3) is 0.500. The molecule has 1 N–H and O–H groups in total. The van der Waals surface area contributed by atoms with E-state index in [0.29, 0.717) is 0 Å². The van der Waals surface area contributed by atoms with E-state index >= 15 is 0 Å². The van der Waals surface area contributed by atoms with E-state index in [2.05, 4.69) is 5.32 Å². The van der Waals surface area contributed by atoms with Gasteiger partial charge in [0.25, 0.3) is 17.7 Å². The van der Waals surface area contributed by atoms with Crippen LogP contribution in [0.2, 0.25) is 0 Å². The van der Waals surface area contributed by atoms with Crippen molar-refractivity contribution in [2.75, 3.05) is 6.61 Å². The van der Waals surface area contributed by atoms with E-state index in [-0.39, 0.29) is 17.0 Å². The van der Waals surface area contributed by atoms with Gasteiger partial charge in [-0.25, -0.2) is 4.79 Å². The number of rotatable bonds is 7. The Morgan fingerprint density at radius 2 is 1.63 bits per heavy atom. The highest BCUT2D eigenvalue weighted by molar-refractivity contribution is 6.22. The SMILES string of the molecule is CCC(C)(C)NC(=O)COC(=O)[C@@H](C(C)C)N1C(=O)c2ccccc2C1=O. The molecule has 0 aliphatic carbocycles. The van der Waals surface area contributed by atoms with E-state index in [1.165, 1.54) is 0 Å². The van der Waals surface area contributed by atoms with Crippen molar-refractivity contribution in [1.29, 1.82) is 0 Å². The maximum atomic E-state index is 12.6.